The lowest BCUT2D eigenvalue weighted by Gasteiger charge is -2.32. The van der Waals surface area contributed by atoms with Crippen LogP contribution in [-0.4, -0.2) is 58.0 Å². The molecule has 0 unspecified atom stereocenters. The SMILES string of the molecule is CN1CCN(c2noc3c([N+](=O)[O-])cc(-c4cnn(C)c4)cc23)CC1. The van der Waals surface area contributed by atoms with Gasteiger partial charge in [0.15, 0.2) is 5.82 Å². The standard InChI is InChI=1S/C16H18N6O3/c1-19-3-5-21(6-4-19)16-13-7-11(12-9-17-20(2)10-12)8-14(22(23)24)15(13)25-18-16/h7-10H,3-6H2,1-2H3. The predicted octanol–water partition coefficient (Wildman–Crippen LogP) is 1.89. The molecule has 3 heterocycles. The number of nitro benzene ring substituents is 1. The van der Waals surface area contributed by atoms with Gasteiger partial charge >= 0.3 is 5.69 Å². The van der Waals surface area contributed by atoms with Crippen LogP contribution >= 0.6 is 0 Å². The zero-order valence-corrected chi connectivity index (χ0v) is 14.0. The number of non-ortho nitro benzene ring substituents is 1. The average Bonchev–Trinajstić information content (AvgIpc) is 3.21. The number of aryl methyl sites for hydroxylation is 1. The number of fused-ring (bicyclic) bond motifs is 1. The van der Waals surface area contributed by atoms with Crippen LogP contribution in [0.5, 0.6) is 0 Å². The molecule has 0 atom stereocenters. The molecule has 2 aromatic heterocycles. The van der Waals surface area contributed by atoms with E-state index >= 15 is 0 Å². The summed E-state index contributed by atoms with van der Waals surface area (Å²) >= 11 is 0. The molecule has 0 bridgehead atoms. The Balaban J connectivity index is 1.86. The minimum absolute atomic E-state index is 0.0794. The van der Waals surface area contributed by atoms with Crippen molar-refractivity contribution in [3.05, 3.63) is 34.6 Å². The predicted molar refractivity (Wildman–Crippen MR) is 92.6 cm³/mol. The maximum Gasteiger partial charge on any atom is 0.315 e. The third-order valence-electron chi connectivity index (χ3n) is 4.57. The van der Waals surface area contributed by atoms with E-state index < -0.39 is 4.92 Å². The van der Waals surface area contributed by atoms with Crippen LogP contribution in [0.2, 0.25) is 0 Å². The van der Waals surface area contributed by atoms with Gasteiger partial charge in [-0.15, -0.1) is 0 Å². The van der Waals surface area contributed by atoms with Gasteiger partial charge in [0, 0.05) is 51.1 Å². The maximum atomic E-state index is 11.5. The number of piperazine rings is 1. The molecule has 0 spiro atoms. The molecule has 0 aliphatic carbocycles. The van der Waals surface area contributed by atoms with Crippen LogP contribution in [0, 0.1) is 10.1 Å². The molecule has 1 aliphatic heterocycles. The first-order valence-electron chi connectivity index (χ1n) is 8.03. The zero-order chi connectivity index (χ0) is 17.6. The summed E-state index contributed by atoms with van der Waals surface area (Å²) in [5.41, 5.74) is 1.68. The van der Waals surface area contributed by atoms with Crippen LogP contribution < -0.4 is 4.90 Å². The molecule has 9 heteroatoms. The highest BCUT2D eigenvalue weighted by atomic mass is 16.6. The number of benzene rings is 1. The number of hydrogen-bond acceptors (Lipinski definition) is 7. The van der Waals surface area contributed by atoms with Gasteiger partial charge in [0.1, 0.15) is 0 Å². The van der Waals surface area contributed by atoms with Gasteiger partial charge in [0.25, 0.3) is 0 Å². The van der Waals surface area contributed by atoms with Crippen molar-refractivity contribution in [1.29, 1.82) is 0 Å². The van der Waals surface area contributed by atoms with Crippen LogP contribution in [0.15, 0.2) is 29.0 Å². The fraction of sp³-hybridized carbons (Fsp3) is 0.375. The molecule has 1 aliphatic rings. The van der Waals surface area contributed by atoms with Crippen LogP contribution in [0.1, 0.15) is 0 Å². The summed E-state index contributed by atoms with van der Waals surface area (Å²) in [6.45, 7) is 3.45. The first-order valence-corrected chi connectivity index (χ1v) is 8.03. The number of hydrogen-bond donors (Lipinski definition) is 0. The van der Waals surface area contributed by atoms with E-state index in [-0.39, 0.29) is 11.3 Å². The molecule has 9 nitrogen and oxygen atoms in total. The second kappa shape index (κ2) is 5.85. The van der Waals surface area contributed by atoms with Gasteiger partial charge in [0.05, 0.1) is 16.5 Å². The van der Waals surface area contributed by atoms with Gasteiger partial charge in [-0.05, 0) is 18.7 Å². The average molecular weight is 342 g/mol. The largest absolute Gasteiger partial charge is 0.351 e. The maximum absolute atomic E-state index is 11.5. The van der Waals surface area contributed by atoms with E-state index in [0.717, 1.165) is 37.3 Å². The van der Waals surface area contributed by atoms with Gasteiger partial charge in [0.2, 0.25) is 5.58 Å². The zero-order valence-electron chi connectivity index (χ0n) is 14.0. The molecule has 25 heavy (non-hydrogen) atoms. The minimum Gasteiger partial charge on any atom is -0.351 e. The van der Waals surface area contributed by atoms with E-state index in [1.165, 1.54) is 6.07 Å². The molecule has 0 saturated carbocycles. The van der Waals surface area contributed by atoms with Crippen LogP contribution in [0.3, 0.4) is 0 Å². The molecule has 130 valence electrons. The highest BCUT2D eigenvalue weighted by Crippen LogP contribution is 2.37. The summed E-state index contributed by atoms with van der Waals surface area (Å²) in [6.07, 6.45) is 3.52. The lowest BCUT2D eigenvalue weighted by atomic mass is 10.1. The van der Waals surface area contributed by atoms with Gasteiger partial charge in [-0.3, -0.25) is 14.8 Å². The van der Waals surface area contributed by atoms with Gasteiger partial charge < -0.3 is 14.3 Å². The Morgan fingerprint density at radius 2 is 1.92 bits per heavy atom. The van der Waals surface area contributed by atoms with E-state index in [0.29, 0.717) is 11.2 Å². The van der Waals surface area contributed by atoms with Gasteiger partial charge in [-0.1, -0.05) is 5.16 Å². The summed E-state index contributed by atoms with van der Waals surface area (Å²) in [4.78, 5) is 15.4. The Morgan fingerprint density at radius 3 is 2.56 bits per heavy atom. The van der Waals surface area contributed by atoms with Crippen molar-refractivity contribution in [1.82, 2.24) is 19.8 Å². The molecular weight excluding hydrogens is 324 g/mol. The van der Waals surface area contributed by atoms with Crippen LogP contribution in [-0.2, 0) is 7.05 Å². The Bertz CT molecular complexity index is 939. The Hall–Kier alpha value is -2.94. The quantitative estimate of drug-likeness (QED) is 0.530. The molecule has 0 radical (unpaired) electrons. The normalized spacial score (nSPS) is 15.8. The third-order valence-corrected chi connectivity index (χ3v) is 4.57. The summed E-state index contributed by atoms with van der Waals surface area (Å²) < 4.78 is 7.02. The molecule has 1 aromatic carbocycles. The van der Waals surface area contributed by atoms with Crippen molar-refractivity contribution >= 4 is 22.5 Å². The van der Waals surface area contributed by atoms with Crippen molar-refractivity contribution < 1.29 is 9.45 Å². The fourth-order valence-electron chi connectivity index (χ4n) is 3.13. The molecule has 4 rings (SSSR count). The van der Waals surface area contributed by atoms with Crippen LogP contribution in [0.25, 0.3) is 22.1 Å². The lowest BCUT2D eigenvalue weighted by molar-refractivity contribution is -0.383. The summed E-state index contributed by atoms with van der Waals surface area (Å²) in [6, 6.07) is 3.40. The number of nitrogens with zero attached hydrogens (tertiary/aromatic N) is 6. The Labute approximate surface area is 143 Å². The van der Waals surface area contributed by atoms with Crippen molar-refractivity contribution in [2.45, 2.75) is 0 Å². The first-order chi connectivity index (χ1) is 12.0. The molecular formula is C16H18N6O3. The van der Waals surface area contributed by atoms with Gasteiger partial charge in [-0.25, -0.2) is 0 Å². The highest BCUT2D eigenvalue weighted by molar-refractivity contribution is 5.97. The first kappa shape index (κ1) is 15.6. The van der Waals surface area contributed by atoms with E-state index in [1.54, 1.807) is 10.9 Å². The Morgan fingerprint density at radius 1 is 1.16 bits per heavy atom. The number of nitro groups is 1. The van der Waals surface area contributed by atoms with Crippen LogP contribution in [0.4, 0.5) is 11.5 Å². The highest BCUT2D eigenvalue weighted by Gasteiger charge is 2.26. The molecule has 1 fully saturated rings. The second-order valence-corrected chi connectivity index (χ2v) is 6.33. The summed E-state index contributed by atoms with van der Waals surface area (Å²) in [7, 11) is 3.88. The monoisotopic (exact) mass is 342 g/mol. The molecule has 0 N–H and O–H groups in total. The van der Waals surface area contributed by atoms with Gasteiger partial charge in [-0.2, -0.15) is 5.10 Å². The second-order valence-electron chi connectivity index (χ2n) is 6.33. The van der Waals surface area contributed by atoms with E-state index in [2.05, 4.69) is 27.1 Å². The van der Waals surface area contributed by atoms with E-state index in [4.69, 9.17) is 4.52 Å². The lowest BCUT2D eigenvalue weighted by Crippen LogP contribution is -2.44. The number of likely N-dealkylation sites (N-methyl/N-ethyl adjacent to an activating group) is 1. The van der Waals surface area contributed by atoms with Crippen molar-refractivity contribution in [3.8, 4) is 11.1 Å². The molecule has 0 amide bonds. The fourth-order valence-corrected chi connectivity index (χ4v) is 3.13. The topological polar surface area (TPSA) is 93.5 Å². The number of anilines is 1. The van der Waals surface area contributed by atoms with E-state index in [1.807, 2.05) is 19.3 Å². The number of aromatic nitrogens is 3. The minimum atomic E-state index is -0.429. The van der Waals surface area contributed by atoms with Crippen molar-refractivity contribution in [2.75, 3.05) is 38.1 Å². The summed E-state index contributed by atoms with van der Waals surface area (Å²) in [5, 5.41) is 20.5. The third kappa shape index (κ3) is 2.72. The number of rotatable bonds is 3. The van der Waals surface area contributed by atoms with Crippen molar-refractivity contribution in [2.24, 2.45) is 7.05 Å². The Kier molecular flexibility index (Phi) is 3.65. The van der Waals surface area contributed by atoms with Crippen molar-refractivity contribution in [3.63, 3.8) is 0 Å². The molecule has 1 saturated heterocycles. The van der Waals surface area contributed by atoms with E-state index in [9.17, 15) is 10.1 Å². The molecule has 3 aromatic rings. The smallest absolute Gasteiger partial charge is 0.315 e. The summed E-state index contributed by atoms with van der Waals surface area (Å²) in [5.74, 6) is 0.664.